The highest BCUT2D eigenvalue weighted by atomic mass is 32.2. The molecule has 7 heteroatoms. The molecular formula is C13H15N5OS. The molecule has 0 aliphatic heterocycles. The van der Waals surface area contributed by atoms with Crippen molar-refractivity contribution in [3.63, 3.8) is 0 Å². The minimum absolute atomic E-state index is 0.00851. The van der Waals surface area contributed by atoms with Gasteiger partial charge in [-0.15, -0.1) is 10.2 Å². The summed E-state index contributed by atoms with van der Waals surface area (Å²) >= 11 is 1.43. The Hall–Kier alpha value is -1.89. The van der Waals surface area contributed by atoms with E-state index in [-0.39, 0.29) is 5.91 Å². The van der Waals surface area contributed by atoms with Gasteiger partial charge in [-0.25, -0.2) is 0 Å². The molecule has 1 aliphatic carbocycles. The molecule has 2 heterocycles. The van der Waals surface area contributed by atoms with Crippen molar-refractivity contribution >= 4 is 17.7 Å². The summed E-state index contributed by atoms with van der Waals surface area (Å²) < 4.78 is 2.14. The van der Waals surface area contributed by atoms with Crippen LogP contribution in [0, 0.1) is 0 Å². The molecule has 0 unspecified atom stereocenters. The zero-order chi connectivity index (χ0) is 13.9. The highest BCUT2D eigenvalue weighted by molar-refractivity contribution is 7.99. The van der Waals surface area contributed by atoms with Crippen LogP contribution in [0.25, 0.3) is 11.4 Å². The van der Waals surface area contributed by atoms with E-state index in [4.69, 9.17) is 0 Å². The second-order valence-corrected chi connectivity index (χ2v) is 5.55. The monoisotopic (exact) mass is 289 g/mol. The number of rotatable bonds is 5. The van der Waals surface area contributed by atoms with Crippen LogP contribution in [0.2, 0.25) is 0 Å². The molecule has 104 valence electrons. The van der Waals surface area contributed by atoms with E-state index >= 15 is 0 Å². The second-order valence-electron chi connectivity index (χ2n) is 4.61. The number of nitrogens with zero attached hydrogens (tertiary/aromatic N) is 4. The van der Waals surface area contributed by atoms with Crippen LogP contribution in [0.3, 0.4) is 0 Å². The lowest BCUT2D eigenvalue weighted by Crippen LogP contribution is -2.20. The van der Waals surface area contributed by atoms with Gasteiger partial charge >= 0.3 is 0 Å². The highest BCUT2D eigenvalue weighted by Crippen LogP contribution is 2.40. The molecule has 0 saturated heterocycles. The van der Waals surface area contributed by atoms with E-state index in [0.717, 1.165) is 29.4 Å². The fourth-order valence-corrected chi connectivity index (χ4v) is 2.82. The first-order valence-corrected chi connectivity index (χ1v) is 7.47. The van der Waals surface area contributed by atoms with Crippen LogP contribution in [0.4, 0.5) is 0 Å². The average Bonchev–Trinajstić information content (AvgIpc) is 3.25. The highest BCUT2D eigenvalue weighted by Gasteiger charge is 2.30. The third-order valence-electron chi connectivity index (χ3n) is 3.13. The molecule has 6 nitrogen and oxygen atoms in total. The summed E-state index contributed by atoms with van der Waals surface area (Å²) in [7, 11) is 1.64. The number of amides is 1. The van der Waals surface area contributed by atoms with Gasteiger partial charge in [0.05, 0.1) is 5.75 Å². The Bertz CT molecular complexity index is 608. The molecular weight excluding hydrogens is 274 g/mol. The summed E-state index contributed by atoms with van der Waals surface area (Å²) in [5, 5.41) is 11.9. The topological polar surface area (TPSA) is 72.7 Å². The molecule has 0 radical (unpaired) electrons. The number of hydrogen-bond acceptors (Lipinski definition) is 5. The Morgan fingerprint density at radius 2 is 2.15 bits per heavy atom. The number of pyridine rings is 1. The Labute approximate surface area is 121 Å². The first-order valence-electron chi connectivity index (χ1n) is 6.48. The van der Waals surface area contributed by atoms with Crippen LogP contribution < -0.4 is 5.32 Å². The maximum atomic E-state index is 11.4. The van der Waals surface area contributed by atoms with Gasteiger partial charge in [0, 0.05) is 31.0 Å². The fourth-order valence-electron chi connectivity index (χ4n) is 1.94. The normalized spacial score (nSPS) is 14.2. The Kier molecular flexibility index (Phi) is 3.68. The van der Waals surface area contributed by atoms with Crippen LogP contribution in [-0.4, -0.2) is 38.5 Å². The molecule has 2 aromatic rings. The number of carbonyl (C=O) groups is 1. The Morgan fingerprint density at radius 1 is 1.40 bits per heavy atom. The fraction of sp³-hybridized carbons (Fsp3) is 0.385. The third-order valence-corrected chi connectivity index (χ3v) is 4.07. The van der Waals surface area contributed by atoms with Crippen molar-refractivity contribution in [3.8, 4) is 11.4 Å². The lowest BCUT2D eigenvalue weighted by Gasteiger charge is -2.08. The van der Waals surface area contributed by atoms with E-state index in [0.29, 0.717) is 11.8 Å². The number of carbonyl (C=O) groups excluding carboxylic acids is 1. The summed E-state index contributed by atoms with van der Waals surface area (Å²) in [4.78, 5) is 15.4. The van der Waals surface area contributed by atoms with E-state index in [1.165, 1.54) is 11.8 Å². The molecule has 0 atom stereocenters. The minimum Gasteiger partial charge on any atom is -0.358 e. The molecule has 2 aromatic heterocycles. The average molecular weight is 289 g/mol. The predicted octanol–water partition coefficient (Wildman–Crippen LogP) is 1.51. The predicted molar refractivity (Wildman–Crippen MR) is 76.3 cm³/mol. The van der Waals surface area contributed by atoms with Gasteiger partial charge < -0.3 is 5.32 Å². The summed E-state index contributed by atoms with van der Waals surface area (Å²) in [5.74, 6) is 1.21. The molecule has 1 fully saturated rings. The number of nitrogens with one attached hydrogen (secondary N) is 1. The molecule has 1 aliphatic rings. The second kappa shape index (κ2) is 5.62. The van der Waals surface area contributed by atoms with E-state index < -0.39 is 0 Å². The molecule has 0 spiro atoms. The van der Waals surface area contributed by atoms with Gasteiger partial charge in [0.25, 0.3) is 0 Å². The Morgan fingerprint density at radius 3 is 2.80 bits per heavy atom. The van der Waals surface area contributed by atoms with Gasteiger partial charge in [0.2, 0.25) is 5.91 Å². The molecule has 1 N–H and O–H groups in total. The van der Waals surface area contributed by atoms with Crippen molar-refractivity contribution in [1.82, 2.24) is 25.1 Å². The van der Waals surface area contributed by atoms with Crippen LogP contribution >= 0.6 is 11.8 Å². The van der Waals surface area contributed by atoms with E-state index in [2.05, 4.69) is 25.1 Å². The maximum Gasteiger partial charge on any atom is 0.230 e. The molecule has 0 aromatic carbocycles. The van der Waals surface area contributed by atoms with Crippen molar-refractivity contribution < 1.29 is 4.79 Å². The quantitative estimate of drug-likeness (QED) is 0.845. The largest absolute Gasteiger partial charge is 0.358 e. The smallest absolute Gasteiger partial charge is 0.230 e. The van der Waals surface area contributed by atoms with Crippen LogP contribution in [0.1, 0.15) is 18.9 Å². The van der Waals surface area contributed by atoms with Gasteiger partial charge in [0.15, 0.2) is 11.0 Å². The zero-order valence-electron chi connectivity index (χ0n) is 11.1. The standard InChI is InChI=1S/C13H15N5OS/c1-14-11(19)8-20-13-17-16-12(18(13)10-2-3-10)9-4-6-15-7-5-9/h4-7,10H,2-3,8H2,1H3,(H,14,19). The number of aromatic nitrogens is 4. The Balaban J connectivity index is 1.88. The summed E-state index contributed by atoms with van der Waals surface area (Å²) in [6, 6.07) is 4.31. The van der Waals surface area contributed by atoms with Gasteiger partial charge in [-0.2, -0.15) is 0 Å². The molecule has 3 rings (SSSR count). The zero-order valence-corrected chi connectivity index (χ0v) is 11.9. The molecule has 1 amide bonds. The van der Waals surface area contributed by atoms with E-state index in [1.54, 1.807) is 19.4 Å². The molecule has 0 bridgehead atoms. The van der Waals surface area contributed by atoms with Crippen LogP contribution in [-0.2, 0) is 4.79 Å². The maximum absolute atomic E-state index is 11.4. The summed E-state index contributed by atoms with van der Waals surface area (Å²) in [6.45, 7) is 0. The van der Waals surface area contributed by atoms with E-state index in [1.807, 2.05) is 12.1 Å². The van der Waals surface area contributed by atoms with Crippen LogP contribution in [0.5, 0.6) is 0 Å². The van der Waals surface area contributed by atoms with Gasteiger partial charge in [0.1, 0.15) is 0 Å². The summed E-state index contributed by atoms with van der Waals surface area (Å²) in [6.07, 6.45) is 5.78. The summed E-state index contributed by atoms with van der Waals surface area (Å²) in [5.41, 5.74) is 1.01. The van der Waals surface area contributed by atoms with Gasteiger partial charge in [-0.3, -0.25) is 14.3 Å². The van der Waals surface area contributed by atoms with Crippen LogP contribution in [0.15, 0.2) is 29.7 Å². The third kappa shape index (κ3) is 2.67. The van der Waals surface area contributed by atoms with Crippen molar-refractivity contribution in [2.45, 2.75) is 24.0 Å². The SMILES string of the molecule is CNC(=O)CSc1nnc(-c2ccncc2)n1C1CC1. The molecule has 20 heavy (non-hydrogen) atoms. The first-order chi connectivity index (χ1) is 9.79. The van der Waals surface area contributed by atoms with Gasteiger partial charge in [-0.1, -0.05) is 11.8 Å². The molecule has 1 saturated carbocycles. The number of hydrogen-bond donors (Lipinski definition) is 1. The van der Waals surface area contributed by atoms with Gasteiger partial charge in [-0.05, 0) is 25.0 Å². The van der Waals surface area contributed by atoms with Crippen molar-refractivity contribution in [2.75, 3.05) is 12.8 Å². The van der Waals surface area contributed by atoms with Crippen molar-refractivity contribution in [3.05, 3.63) is 24.5 Å². The minimum atomic E-state index is -0.00851. The number of thioether (sulfide) groups is 1. The lowest BCUT2D eigenvalue weighted by atomic mass is 10.2. The van der Waals surface area contributed by atoms with E-state index in [9.17, 15) is 4.79 Å². The lowest BCUT2D eigenvalue weighted by molar-refractivity contribution is -0.118. The van der Waals surface area contributed by atoms with Crippen molar-refractivity contribution in [1.29, 1.82) is 0 Å². The first kappa shape index (κ1) is 13.1. The van der Waals surface area contributed by atoms with Crippen molar-refractivity contribution in [2.24, 2.45) is 0 Å².